The van der Waals surface area contributed by atoms with Crippen LogP contribution in [-0.2, 0) is 12.7 Å². The molecule has 0 aliphatic carbocycles. The molecule has 0 aliphatic heterocycles. The van der Waals surface area contributed by atoms with E-state index in [1.807, 2.05) is 18.2 Å². The molecule has 5 nitrogen and oxygen atoms in total. The summed E-state index contributed by atoms with van der Waals surface area (Å²) in [5, 5.41) is 9.31. The van der Waals surface area contributed by atoms with Gasteiger partial charge >= 0.3 is 6.18 Å². The topological polar surface area (TPSA) is 71.8 Å². The average Bonchev–Trinajstić information content (AvgIpc) is 3.23. The molecule has 0 aliphatic rings. The van der Waals surface area contributed by atoms with Gasteiger partial charge in [0.25, 0.3) is 5.56 Å². The Labute approximate surface area is 181 Å². The minimum absolute atomic E-state index is 0.0364. The summed E-state index contributed by atoms with van der Waals surface area (Å²) in [6, 6.07) is 18.1. The summed E-state index contributed by atoms with van der Waals surface area (Å²) in [7, 11) is 0. The molecule has 2 aromatic heterocycles. The molecule has 2 aromatic carbocycles. The highest BCUT2D eigenvalue weighted by atomic mass is 19.4. The lowest BCUT2D eigenvalue weighted by atomic mass is 10.0. The molecule has 160 valence electrons. The summed E-state index contributed by atoms with van der Waals surface area (Å²) < 4.78 is 47.5. The molecule has 0 saturated heterocycles. The van der Waals surface area contributed by atoms with E-state index in [0.29, 0.717) is 17.1 Å². The summed E-state index contributed by atoms with van der Waals surface area (Å²) >= 11 is 0. The van der Waals surface area contributed by atoms with Crippen LogP contribution in [0.25, 0.3) is 22.7 Å². The molecule has 0 fully saturated rings. The zero-order chi connectivity index (χ0) is 22.9. The number of nitriles is 1. The van der Waals surface area contributed by atoms with Crippen LogP contribution in [0.1, 0.15) is 22.4 Å². The molecule has 0 unspecified atom stereocenters. The van der Waals surface area contributed by atoms with Gasteiger partial charge in [0.05, 0.1) is 23.5 Å². The predicted molar refractivity (Wildman–Crippen MR) is 112 cm³/mol. The van der Waals surface area contributed by atoms with Crippen LogP contribution in [0.2, 0.25) is 0 Å². The Morgan fingerprint density at radius 2 is 1.78 bits per heavy atom. The van der Waals surface area contributed by atoms with Gasteiger partial charge in [-0.25, -0.2) is 4.98 Å². The molecule has 0 N–H and O–H groups in total. The molecule has 2 heterocycles. The fraction of sp³-hybridized carbons (Fsp3) is 0.125. The van der Waals surface area contributed by atoms with Gasteiger partial charge in [0, 0.05) is 5.56 Å². The number of pyridine rings is 1. The van der Waals surface area contributed by atoms with Gasteiger partial charge < -0.3 is 8.98 Å². The second-order valence-corrected chi connectivity index (χ2v) is 7.20. The van der Waals surface area contributed by atoms with Gasteiger partial charge in [-0.3, -0.25) is 4.79 Å². The van der Waals surface area contributed by atoms with Gasteiger partial charge in [0.1, 0.15) is 17.9 Å². The summed E-state index contributed by atoms with van der Waals surface area (Å²) in [6.45, 7) is 1.63. The first kappa shape index (κ1) is 21.1. The molecule has 0 saturated carbocycles. The second kappa shape index (κ2) is 8.19. The van der Waals surface area contributed by atoms with Crippen LogP contribution in [0.4, 0.5) is 13.2 Å². The first-order chi connectivity index (χ1) is 15.3. The number of alkyl halides is 3. The van der Waals surface area contributed by atoms with Crippen molar-refractivity contribution in [2.75, 3.05) is 0 Å². The standard InChI is InChI=1S/C24H16F3N3O2/c1-15-6-5-9-17(10-15)21-11-20(24(25,26)27)19(12-28)23(31)30(21)13-18-14-32-22(29-18)16-7-3-2-4-8-16/h2-11,14H,13H2,1H3. The number of hydrogen-bond acceptors (Lipinski definition) is 4. The summed E-state index contributed by atoms with van der Waals surface area (Å²) in [6.07, 6.45) is -3.51. The zero-order valence-electron chi connectivity index (χ0n) is 16.8. The monoisotopic (exact) mass is 435 g/mol. The van der Waals surface area contributed by atoms with Crippen LogP contribution in [0.3, 0.4) is 0 Å². The summed E-state index contributed by atoms with van der Waals surface area (Å²) in [5.41, 5.74) is -0.935. The molecular formula is C24H16F3N3O2. The van der Waals surface area contributed by atoms with E-state index in [1.165, 1.54) is 12.3 Å². The Kier molecular flexibility index (Phi) is 5.41. The molecule has 32 heavy (non-hydrogen) atoms. The van der Waals surface area contributed by atoms with E-state index in [1.54, 1.807) is 43.3 Å². The van der Waals surface area contributed by atoms with Crippen molar-refractivity contribution in [1.29, 1.82) is 5.26 Å². The highest BCUT2D eigenvalue weighted by molar-refractivity contribution is 5.63. The molecule has 0 amide bonds. The summed E-state index contributed by atoms with van der Waals surface area (Å²) in [5.74, 6) is 0.318. The van der Waals surface area contributed by atoms with Gasteiger partial charge in [-0.15, -0.1) is 0 Å². The average molecular weight is 435 g/mol. The first-order valence-electron chi connectivity index (χ1n) is 9.60. The maximum Gasteiger partial charge on any atom is 0.417 e. The number of aryl methyl sites for hydroxylation is 1. The van der Waals surface area contributed by atoms with Gasteiger partial charge in [-0.05, 0) is 36.8 Å². The van der Waals surface area contributed by atoms with Crippen molar-refractivity contribution >= 4 is 0 Å². The minimum atomic E-state index is -4.85. The van der Waals surface area contributed by atoms with Crippen LogP contribution in [0.5, 0.6) is 0 Å². The number of halogens is 3. The van der Waals surface area contributed by atoms with E-state index < -0.39 is 22.9 Å². The third kappa shape index (κ3) is 4.05. The minimum Gasteiger partial charge on any atom is -0.444 e. The smallest absolute Gasteiger partial charge is 0.417 e. The summed E-state index contributed by atoms with van der Waals surface area (Å²) in [4.78, 5) is 17.4. The van der Waals surface area contributed by atoms with Crippen LogP contribution in [0.15, 0.2) is 76.1 Å². The van der Waals surface area contributed by atoms with Crippen LogP contribution in [-0.4, -0.2) is 9.55 Å². The Morgan fingerprint density at radius 3 is 2.44 bits per heavy atom. The Balaban J connectivity index is 1.88. The van der Waals surface area contributed by atoms with Crippen molar-refractivity contribution in [2.24, 2.45) is 0 Å². The lowest BCUT2D eigenvalue weighted by molar-refractivity contribution is -0.137. The van der Waals surface area contributed by atoms with Crippen molar-refractivity contribution in [3.63, 3.8) is 0 Å². The fourth-order valence-electron chi connectivity index (χ4n) is 3.43. The van der Waals surface area contributed by atoms with Crippen molar-refractivity contribution in [1.82, 2.24) is 9.55 Å². The zero-order valence-corrected chi connectivity index (χ0v) is 16.8. The van der Waals surface area contributed by atoms with Crippen LogP contribution in [0, 0.1) is 18.3 Å². The van der Waals surface area contributed by atoms with Crippen molar-refractivity contribution in [3.05, 3.63) is 99.7 Å². The molecule has 4 rings (SSSR count). The molecule has 8 heteroatoms. The number of oxazole rings is 1. The molecule has 4 aromatic rings. The van der Waals surface area contributed by atoms with Crippen LogP contribution >= 0.6 is 0 Å². The maximum atomic E-state index is 13.6. The quantitative estimate of drug-likeness (QED) is 0.429. The van der Waals surface area contributed by atoms with E-state index in [-0.39, 0.29) is 12.2 Å². The normalized spacial score (nSPS) is 11.3. The van der Waals surface area contributed by atoms with Gasteiger partial charge in [0.15, 0.2) is 0 Å². The number of aromatic nitrogens is 2. The molecule has 0 bridgehead atoms. The van der Waals surface area contributed by atoms with E-state index in [0.717, 1.165) is 21.8 Å². The number of rotatable bonds is 4. The van der Waals surface area contributed by atoms with E-state index in [4.69, 9.17) is 4.42 Å². The predicted octanol–water partition coefficient (Wildman–Crippen LogP) is 5.42. The number of benzene rings is 2. The fourth-order valence-corrected chi connectivity index (χ4v) is 3.43. The SMILES string of the molecule is Cc1cccc(-c2cc(C(F)(F)F)c(C#N)c(=O)n2Cc2coc(-c3ccccc3)n2)c1. The second-order valence-electron chi connectivity index (χ2n) is 7.20. The third-order valence-electron chi connectivity index (χ3n) is 4.92. The molecule has 0 radical (unpaired) electrons. The molecule has 0 spiro atoms. The van der Waals surface area contributed by atoms with E-state index in [2.05, 4.69) is 4.98 Å². The lowest BCUT2D eigenvalue weighted by Gasteiger charge is -2.17. The molecule has 0 atom stereocenters. The van der Waals surface area contributed by atoms with Crippen molar-refractivity contribution in [3.8, 4) is 28.8 Å². The number of nitrogens with zero attached hydrogens (tertiary/aromatic N) is 3. The Bertz CT molecular complexity index is 1380. The first-order valence-corrected chi connectivity index (χ1v) is 9.60. The Morgan fingerprint density at radius 1 is 1.06 bits per heavy atom. The highest BCUT2D eigenvalue weighted by Gasteiger charge is 2.36. The largest absolute Gasteiger partial charge is 0.444 e. The van der Waals surface area contributed by atoms with E-state index >= 15 is 0 Å². The highest BCUT2D eigenvalue weighted by Crippen LogP contribution is 2.34. The van der Waals surface area contributed by atoms with Crippen molar-refractivity contribution in [2.45, 2.75) is 19.6 Å². The number of hydrogen-bond donors (Lipinski definition) is 0. The van der Waals surface area contributed by atoms with Crippen molar-refractivity contribution < 1.29 is 17.6 Å². The third-order valence-corrected chi connectivity index (χ3v) is 4.92. The van der Waals surface area contributed by atoms with Gasteiger partial charge in [-0.1, -0.05) is 42.0 Å². The van der Waals surface area contributed by atoms with Gasteiger partial charge in [0.2, 0.25) is 5.89 Å². The lowest BCUT2D eigenvalue weighted by Crippen LogP contribution is -2.28. The Hall–Kier alpha value is -4.12. The molecular weight excluding hydrogens is 419 g/mol. The maximum absolute atomic E-state index is 13.6. The van der Waals surface area contributed by atoms with Crippen LogP contribution < -0.4 is 5.56 Å². The van der Waals surface area contributed by atoms with E-state index in [9.17, 15) is 23.2 Å². The van der Waals surface area contributed by atoms with Gasteiger partial charge in [-0.2, -0.15) is 18.4 Å².